The van der Waals surface area contributed by atoms with Gasteiger partial charge in [-0.2, -0.15) is 31.4 Å². The van der Waals surface area contributed by atoms with Crippen LogP contribution in [0, 0.1) is 0 Å². The summed E-state index contributed by atoms with van der Waals surface area (Å²) in [7, 11) is 0. The predicted molar refractivity (Wildman–Crippen MR) is 84.6 cm³/mol. The average molecular weight is 427 g/mol. The van der Waals surface area contributed by atoms with Gasteiger partial charge in [-0.15, -0.1) is 0 Å². The normalized spacial score (nSPS) is 12.4. The number of nitrogens with zero attached hydrogens (tertiary/aromatic N) is 4. The second-order valence-corrected chi connectivity index (χ2v) is 6.07. The van der Waals surface area contributed by atoms with Crippen LogP contribution in [-0.4, -0.2) is 19.7 Å². The van der Waals surface area contributed by atoms with Crippen LogP contribution in [0.4, 0.5) is 26.3 Å². The quantitative estimate of drug-likeness (QED) is 0.495. The molecule has 0 amide bonds. The van der Waals surface area contributed by atoms with Crippen LogP contribution in [0.5, 0.6) is 0 Å². The Labute approximate surface area is 157 Å². The molecule has 3 rings (SSSR count). The second kappa shape index (κ2) is 6.68. The smallest absolute Gasteiger partial charge is 0.254 e. The molecule has 27 heavy (non-hydrogen) atoms. The van der Waals surface area contributed by atoms with Crippen LogP contribution >= 0.6 is 23.2 Å². The number of halogens is 8. The highest BCUT2D eigenvalue weighted by Gasteiger charge is 2.32. The van der Waals surface area contributed by atoms with Gasteiger partial charge in [0, 0.05) is 24.2 Å². The molecule has 0 spiro atoms. The maximum Gasteiger partial charge on any atom is 0.417 e. The fraction of sp³-hybridized carbons (Fsp3) is 0.133. The first kappa shape index (κ1) is 19.4. The van der Waals surface area contributed by atoms with E-state index in [0.29, 0.717) is 24.5 Å². The van der Waals surface area contributed by atoms with E-state index in [0.717, 1.165) is 4.68 Å². The van der Waals surface area contributed by atoms with Crippen molar-refractivity contribution in [3.05, 3.63) is 58.1 Å². The van der Waals surface area contributed by atoms with E-state index in [4.69, 9.17) is 23.2 Å². The molecule has 3 aromatic heterocycles. The molecule has 3 heterocycles. The van der Waals surface area contributed by atoms with E-state index in [9.17, 15) is 26.3 Å². The highest BCUT2D eigenvalue weighted by molar-refractivity contribution is 6.33. The van der Waals surface area contributed by atoms with E-state index < -0.39 is 23.5 Å². The van der Waals surface area contributed by atoms with Crippen LogP contribution in [0.25, 0.3) is 17.1 Å². The summed E-state index contributed by atoms with van der Waals surface area (Å²) in [5.41, 5.74) is -1.81. The van der Waals surface area contributed by atoms with Crippen molar-refractivity contribution in [2.45, 2.75) is 12.4 Å². The molecule has 0 atom stereocenters. The minimum absolute atomic E-state index is 0.0129. The minimum atomic E-state index is -4.61. The first-order valence-electron chi connectivity index (χ1n) is 6.97. The largest absolute Gasteiger partial charge is 0.417 e. The molecular formula is C15H6Cl2F6N4. The molecule has 0 N–H and O–H groups in total. The van der Waals surface area contributed by atoms with E-state index in [-0.39, 0.29) is 27.1 Å². The van der Waals surface area contributed by atoms with Gasteiger partial charge >= 0.3 is 12.4 Å². The summed E-state index contributed by atoms with van der Waals surface area (Å²) < 4.78 is 77.1. The van der Waals surface area contributed by atoms with Gasteiger partial charge in [-0.25, -0.2) is 9.67 Å². The molecule has 0 aromatic carbocycles. The lowest BCUT2D eigenvalue weighted by atomic mass is 10.2. The summed E-state index contributed by atoms with van der Waals surface area (Å²) in [6.45, 7) is 0. The summed E-state index contributed by atoms with van der Waals surface area (Å²) in [6, 6.07) is 1.40. The number of aromatic nitrogens is 4. The fourth-order valence-corrected chi connectivity index (χ4v) is 2.65. The first-order valence-corrected chi connectivity index (χ1v) is 7.73. The molecule has 0 saturated heterocycles. The van der Waals surface area contributed by atoms with Gasteiger partial charge in [0.1, 0.15) is 0 Å². The SMILES string of the molecule is FC(F)(F)c1cnc(-c2cnn(-c3ncc(C(F)(F)F)cc3Cl)c2)c(Cl)c1. The maximum atomic E-state index is 12.7. The molecule has 0 radical (unpaired) electrons. The van der Waals surface area contributed by atoms with E-state index in [1.165, 1.54) is 12.4 Å². The molecule has 12 heteroatoms. The number of rotatable bonds is 2. The van der Waals surface area contributed by atoms with E-state index in [2.05, 4.69) is 15.1 Å². The molecule has 0 aliphatic heterocycles. The van der Waals surface area contributed by atoms with Gasteiger partial charge in [0.15, 0.2) is 5.82 Å². The van der Waals surface area contributed by atoms with Crippen LogP contribution in [0.15, 0.2) is 36.9 Å². The lowest BCUT2D eigenvalue weighted by Crippen LogP contribution is -2.07. The van der Waals surface area contributed by atoms with Crippen LogP contribution < -0.4 is 0 Å². The van der Waals surface area contributed by atoms with E-state index >= 15 is 0 Å². The van der Waals surface area contributed by atoms with Crippen molar-refractivity contribution in [2.75, 3.05) is 0 Å². The molecule has 0 saturated carbocycles. The standard InChI is InChI=1S/C15H6Cl2F6N4/c16-10-1-8(14(18,19)20)4-24-12(10)7-3-26-27(6-7)13-11(17)2-9(5-25-13)15(21,22)23/h1-6H. The van der Waals surface area contributed by atoms with Gasteiger partial charge in [-0.1, -0.05) is 23.2 Å². The predicted octanol–water partition coefficient (Wildman–Crippen LogP) is 5.67. The Kier molecular flexibility index (Phi) is 4.81. The number of hydrogen-bond donors (Lipinski definition) is 0. The summed E-state index contributed by atoms with van der Waals surface area (Å²) in [5, 5.41) is 3.31. The van der Waals surface area contributed by atoms with Gasteiger partial charge in [0.05, 0.1) is 33.1 Å². The van der Waals surface area contributed by atoms with Crippen molar-refractivity contribution in [2.24, 2.45) is 0 Å². The molecule has 142 valence electrons. The Morgan fingerprint density at radius 1 is 0.778 bits per heavy atom. The monoisotopic (exact) mass is 426 g/mol. The second-order valence-electron chi connectivity index (χ2n) is 5.25. The Bertz CT molecular complexity index is 919. The molecule has 0 fully saturated rings. The van der Waals surface area contributed by atoms with Crippen molar-refractivity contribution >= 4 is 23.2 Å². The number of alkyl halides is 6. The maximum absolute atomic E-state index is 12.7. The zero-order valence-electron chi connectivity index (χ0n) is 12.8. The summed E-state index contributed by atoms with van der Waals surface area (Å²) >= 11 is 11.7. The molecule has 3 aromatic rings. The minimum Gasteiger partial charge on any atom is -0.254 e. The van der Waals surface area contributed by atoms with Gasteiger partial charge in [-0.3, -0.25) is 4.98 Å². The van der Waals surface area contributed by atoms with Gasteiger partial charge in [0.25, 0.3) is 0 Å². The van der Waals surface area contributed by atoms with Crippen LogP contribution in [0.3, 0.4) is 0 Å². The lowest BCUT2D eigenvalue weighted by molar-refractivity contribution is -0.138. The average Bonchev–Trinajstić information content (AvgIpc) is 3.02. The van der Waals surface area contributed by atoms with Gasteiger partial charge in [-0.05, 0) is 12.1 Å². The third kappa shape index (κ3) is 4.01. The Morgan fingerprint density at radius 2 is 1.33 bits per heavy atom. The highest BCUT2D eigenvalue weighted by atomic mass is 35.5. The lowest BCUT2D eigenvalue weighted by Gasteiger charge is -2.09. The Hall–Kier alpha value is -2.33. The van der Waals surface area contributed by atoms with Crippen molar-refractivity contribution in [3.8, 4) is 17.1 Å². The van der Waals surface area contributed by atoms with Crippen LogP contribution in [0.1, 0.15) is 11.1 Å². The van der Waals surface area contributed by atoms with E-state index in [1.807, 2.05) is 0 Å². The number of pyridine rings is 2. The molecule has 4 nitrogen and oxygen atoms in total. The van der Waals surface area contributed by atoms with Gasteiger partial charge in [0.2, 0.25) is 0 Å². The van der Waals surface area contributed by atoms with Crippen LogP contribution in [-0.2, 0) is 12.4 Å². The molecular weight excluding hydrogens is 421 g/mol. The third-order valence-corrected chi connectivity index (χ3v) is 3.96. The van der Waals surface area contributed by atoms with Crippen molar-refractivity contribution < 1.29 is 26.3 Å². The Balaban J connectivity index is 1.96. The van der Waals surface area contributed by atoms with Crippen molar-refractivity contribution in [3.63, 3.8) is 0 Å². The number of hydrogen-bond acceptors (Lipinski definition) is 3. The van der Waals surface area contributed by atoms with Gasteiger partial charge < -0.3 is 0 Å². The fourth-order valence-electron chi connectivity index (χ4n) is 2.12. The molecule has 0 unspecified atom stereocenters. The third-order valence-electron chi connectivity index (χ3n) is 3.39. The Morgan fingerprint density at radius 3 is 1.85 bits per heavy atom. The van der Waals surface area contributed by atoms with Crippen molar-refractivity contribution in [1.29, 1.82) is 0 Å². The van der Waals surface area contributed by atoms with Crippen molar-refractivity contribution in [1.82, 2.24) is 19.7 Å². The summed E-state index contributed by atoms with van der Waals surface area (Å²) in [6.07, 6.45) is -5.51. The summed E-state index contributed by atoms with van der Waals surface area (Å²) in [5.74, 6) is -0.0982. The zero-order chi connectivity index (χ0) is 20.0. The zero-order valence-corrected chi connectivity index (χ0v) is 14.3. The first-order chi connectivity index (χ1) is 12.5. The topological polar surface area (TPSA) is 43.6 Å². The van der Waals surface area contributed by atoms with E-state index in [1.54, 1.807) is 0 Å². The molecule has 0 aliphatic carbocycles. The highest BCUT2D eigenvalue weighted by Crippen LogP contribution is 2.35. The molecule has 0 bridgehead atoms. The summed E-state index contributed by atoms with van der Waals surface area (Å²) in [4.78, 5) is 7.32. The molecule has 0 aliphatic rings. The van der Waals surface area contributed by atoms with Crippen LogP contribution in [0.2, 0.25) is 10.0 Å².